The summed E-state index contributed by atoms with van der Waals surface area (Å²) in [6.45, 7) is 7.87. The molecule has 3 aromatic rings. The Morgan fingerprint density at radius 3 is 2.65 bits per heavy atom. The molecule has 0 amide bonds. The molecule has 2 saturated heterocycles. The zero-order valence-corrected chi connectivity index (χ0v) is 19.4. The van der Waals surface area contributed by atoms with Crippen LogP contribution in [0.5, 0.6) is 0 Å². The van der Waals surface area contributed by atoms with Crippen LogP contribution in [0.3, 0.4) is 0 Å². The predicted molar refractivity (Wildman–Crippen MR) is 124 cm³/mol. The number of fused-ring (bicyclic) bond motifs is 1. The SMILES string of the molecule is Cc1c(CCN2CCC3(CCN(c4ncc(-n5cnnn5)cn4)CC3)C2)ccc2c1COC2=O. The summed E-state index contributed by atoms with van der Waals surface area (Å²) < 4.78 is 6.76. The molecule has 34 heavy (non-hydrogen) atoms. The molecule has 3 aliphatic rings. The first-order chi connectivity index (χ1) is 16.6. The average molecular weight is 461 g/mol. The molecule has 3 aliphatic heterocycles. The van der Waals surface area contributed by atoms with E-state index in [0.717, 1.165) is 61.9 Å². The summed E-state index contributed by atoms with van der Waals surface area (Å²) >= 11 is 0. The van der Waals surface area contributed by atoms with Crippen molar-refractivity contribution in [2.24, 2.45) is 5.41 Å². The highest BCUT2D eigenvalue weighted by atomic mass is 16.5. The molecule has 2 aromatic heterocycles. The zero-order valence-electron chi connectivity index (χ0n) is 19.4. The van der Waals surface area contributed by atoms with E-state index in [2.05, 4.69) is 48.3 Å². The minimum Gasteiger partial charge on any atom is -0.457 e. The average Bonchev–Trinajstić information content (AvgIpc) is 3.61. The first kappa shape index (κ1) is 21.2. The van der Waals surface area contributed by atoms with Crippen molar-refractivity contribution in [3.05, 3.63) is 53.1 Å². The molecule has 176 valence electrons. The van der Waals surface area contributed by atoms with Gasteiger partial charge in [0.1, 0.15) is 18.6 Å². The summed E-state index contributed by atoms with van der Waals surface area (Å²) in [4.78, 5) is 25.8. The van der Waals surface area contributed by atoms with Gasteiger partial charge in [0.2, 0.25) is 5.95 Å². The van der Waals surface area contributed by atoms with Gasteiger partial charge >= 0.3 is 5.97 Å². The number of anilines is 1. The van der Waals surface area contributed by atoms with Gasteiger partial charge in [0, 0.05) is 31.7 Å². The molecule has 0 atom stereocenters. The molecular formula is C24H28N8O2. The van der Waals surface area contributed by atoms with Gasteiger partial charge in [-0.15, -0.1) is 5.10 Å². The van der Waals surface area contributed by atoms with E-state index in [-0.39, 0.29) is 5.97 Å². The van der Waals surface area contributed by atoms with E-state index in [9.17, 15) is 4.79 Å². The fraction of sp³-hybridized carbons (Fsp3) is 0.500. The third-order valence-corrected chi connectivity index (χ3v) is 7.84. The number of hydrogen-bond acceptors (Lipinski definition) is 9. The lowest BCUT2D eigenvalue weighted by Crippen LogP contribution is -2.42. The van der Waals surface area contributed by atoms with Gasteiger partial charge in [-0.1, -0.05) is 6.07 Å². The van der Waals surface area contributed by atoms with Gasteiger partial charge in [-0.25, -0.2) is 14.8 Å². The smallest absolute Gasteiger partial charge is 0.338 e. The summed E-state index contributed by atoms with van der Waals surface area (Å²) in [5.41, 5.74) is 5.51. The van der Waals surface area contributed by atoms with Crippen LogP contribution < -0.4 is 4.90 Å². The van der Waals surface area contributed by atoms with Gasteiger partial charge in [-0.05, 0) is 72.2 Å². The van der Waals surface area contributed by atoms with Crippen LogP contribution in [0.15, 0.2) is 30.9 Å². The molecule has 5 heterocycles. The van der Waals surface area contributed by atoms with Crippen LogP contribution in [-0.2, 0) is 17.8 Å². The van der Waals surface area contributed by atoms with Crippen LogP contribution in [-0.4, -0.2) is 73.8 Å². The third-order valence-electron chi connectivity index (χ3n) is 7.84. The van der Waals surface area contributed by atoms with Gasteiger partial charge in [0.05, 0.1) is 18.0 Å². The lowest BCUT2D eigenvalue weighted by molar-refractivity contribution is 0.0535. The van der Waals surface area contributed by atoms with Gasteiger partial charge < -0.3 is 14.5 Å². The summed E-state index contributed by atoms with van der Waals surface area (Å²) in [7, 11) is 0. The van der Waals surface area contributed by atoms with Gasteiger partial charge in [0.15, 0.2) is 0 Å². The molecule has 0 unspecified atom stereocenters. The Bertz CT molecular complexity index is 1190. The maximum absolute atomic E-state index is 11.8. The predicted octanol–water partition coefficient (Wildman–Crippen LogP) is 1.97. The second-order valence-corrected chi connectivity index (χ2v) is 9.71. The molecule has 10 nitrogen and oxygen atoms in total. The van der Waals surface area contributed by atoms with Crippen molar-refractivity contribution in [2.75, 3.05) is 37.6 Å². The van der Waals surface area contributed by atoms with Crippen LogP contribution in [0.25, 0.3) is 5.69 Å². The Morgan fingerprint density at radius 2 is 1.88 bits per heavy atom. The van der Waals surface area contributed by atoms with E-state index < -0.39 is 0 Å². The van der Waals surface area contributed by atoms with Crippen molar-refractivity contribution in [1.29, 1.82) is 0 Å². The number of esters is 1. The Kier molecular flexibility index (Phi) is 5.24. The molecule has 0 radical (unpaired) electrons. The van der Waals surface area contributed by atoms with Crippen molar-refractivity contribution in [2.45, 2.75) is 39.2 Å². The fourth-order valence-electron chi connectivity index (χ4n) is 5.63. The van der Waals surface area contributed by atoms with Crippen molar-refractivity contribution in [1.82, 2.24) is 35.1 Å². The summed E-state index contributed by atoms with van der Waals surface area (Å²) in [6, 6.07) is 4.04. The number of nitrogens with zero attached hydrogens (tertiary/aromatic N) is 8. The molecule has 0 bridgehead atoms. The number of aromatic nitrogens is 6. The van der Waals surface area contributed by atoms with Crippen LogP contribution in [0, 0.1) is 12.3 Å². The fourth-order valence-corrected chi connectivity index (χ4v) is 5.63. The first-order valence-electron chi connectivity index (χ1n) is 11.9. The highest BCUT2D eigenvalue weighted by Gasteiger charge is 2.40. The van der Waals surface area contributed by atoms with Crippen LogP contribution >= 0.6 is 0 Å². The number of cyclic esters (lactones) is 1. The normalized spacial score (nSPS) is 19.6. The zero-order chi connectivity index (χ0) is 23.1. The number of ether oxygens (including phenoxy) is 1. The maximum atomic E-state index is 11.8. The molecule has 2 fully saturated rings. The van der Waals surface area contributed by atoms with Crippen molar-refractivity contribution in [3.8, 4) is 5.69 Å². The number of rotatable bonds is 5. The van der Waals surface area contributed by atoms with E-state index in [1.54, 1.807) is 17.1 Å². The van der Waals surface area contributed by atoms with Gasteiger partial charge in [0.25, 0.3) is 0 Å². The first-order valence-corrected chi connectivity index (χ1v) is 11.9. The van der Waals surface area contributed by atoms with Gasteiger partial charge in [-0.2, -0.15) is 4.68 Å². The van der Waals surface area contributed by atoms with E-state index in [1.165, 1.54) is 36.7 Å². The molecular weight excluding hydrogens is 432 g/mol. The van der Waals surface area contributed by atoms with E-state index >= 15 is 0 Å². The van der Waals surface area contributed by atoms with E-state index in [0.29, 0.717) is 12.0 Å². The number of hydrogen-bond donors (Lipinski definition) is 0. The molecule has 1 spiro atoms. The Hall–Kier alpha value is -3.40. The highest BCUT2D eigenvalue weighted by Crippen LogP contribution is 2.41. The molecule has 10 heteroatoms. The summed E-state index contributed by atoms with van der Waals surface area (Å²) in [5, 5.41) is 11.2. The second kappa shape index (κ2) is 8.43. The Morgan fingerprint density at radius 1 is 1.09 bits per heavy atom. The number of carbonyl (C=O) groups excluding carboxylic acids is 1. The van der Waals surface area contributed by atoms with Crippen LogP contribution in [0.2, 0.25) is 0 Å². The minimum absolute atomic E-state index is 0.189. The third kappa shape index (κ3) is 3.81. The Labute approximate surface area is 197 Å². The highest BCUT2D eigenvalue weighted by molar-refractivity contribution is 5.93. The van der Waals surface area contributed by atoms with Gasteiger partial charge in [-0.3, -0.25) is 0 Å². The van der Waals surface area contributed by atoms with E-state index in [1.807, 2.05) is 6.07 Å². The molecule has 0 N–H and O–H groups in total. The molecule has 1 aromatic carbocycles. The minimum atomic E-state index is -0.189. The molecule has 0 aliphatic carbocycles. The number of likely N-dealkylation sites (tertiary alicyclic amines) is 1. The summed E-state index contributed by atoms with van der Waals surface area (Å²) in [6.07, 6.45) is 9.67. The maximum Gasteiger partial charge on any atom is 0.338 e. The monoisotopic (exact) mass is 460 g/mol. The van der Waals surface area contributed by atoms with Crippen molar-refractivity contribution < 1.29 is 9.53 Å². The lowest BCUT2D eigenvalue weighted by atomic mass is 9.78. The van der Waals surface area contributed by atoms with Crippen molar-refractivity contribution in [3.63, 3.8) is 0 Å². The quantitative estimate of drug-likeness (QED) is 0.529. The van der Waals surface area contributed by atoms with Crippen LogP contribution in [0.4, 0.5) is 5.95 Å². The molecule has 6 rings (SSSR count). The van der Waals surface area contributed by atoms with Crippen LogP contribution in [0.1, 0.15) is 46.3 Å². The number of tetrazole rings is 1. The Balaban J connectivity index is 1.03. The standard InChI is InChI=1S/C24H28N8O2/c1-17-18(2-3-20-21(17)14-34-22(20)33)4-8-30-9-5-24(15-30)6-10-31(11-7-24)23-25-12-19(13-26-23)32-16-27-28-29-32/h2-3,12-13,16H,4-11,14-15H2,1H3. The van der Waals surface area contributed by atoms with E-state index in [4.69, 9.17) is 4.74 Å². The second-order valence-electron chi connectivity index (χ2n) is 9.71. The number of piperidine rings is 1. The lowest BCUT2D eigenvalue weighted by Gasteiger charge is -2.39. The largest absolute Gasteiger partial charge is 0.457 e. The van der Waals surface area contributed by atoms with Crippen molar-refractivity contribution >= 4 is 11.9 Å². The topological polar surface area (TPSA) is 102 Å². The summed E-state index contributed by atoms with van der Waals surface area (Å²) in [5.74, 6) is 0.586. The molecule has 0 saturated carbocycles. The number of carbonyl (C=O) groups is 1. The number of benzene rings is 1.